The van der Waals surface area contributed by atoms with E-state index in [1.165, 1.54) is 38.6 Å². The Labute approximate surface area is 134 Å². The topological polar surface area (TPSA) is 49.3 Å². The first kappa shape index (κ1) is 15.0. The fraction of sp³-hybridized carbons (Fsp3) is 0.947. The number of rotatable bonds is 1. The monoisotopic (exact) mass is 305 g/mol. The van der Waals surface area contributed by atoms with E-state index in [1.807, 2.05) is 0 Å². The number of hydrogen-bond donors (Lipinski definition) is 2. The molecule has 1 aliphatic heterocycles. The Bertz CT molecular complexity index is 478. The molecule has 0 amide bonds. The summed E-state index contributed by atoms with van der Waals surface area (Å²) in [6, 6.07) is 0.712. The van der Waals surface area contributed by atoms with E-state index in [0.717, 1.165) is 31.1 Å². The van der Waals surface area contributed by atoms with Crippen molar-refractivity contribution >= 4 is 5.97 Å². The van der Waals surface area contributed by atoms with E-state index in [0.29, 0.717) is 17.4 Å². The van der Waals surface area contributed by atoms with Crippen LogP contribution in [0.3, 0.4) is 0 Å². The zero-order valence-electron chi connectivity index (χ0n) is 14.1. The summed E-state index contributed by atoms with van der Waals surface area (Å²) in [6.45, 7) is 6.03. The van der Waals surface area contributed by atoms with Crippen LogP contribution in [0.1, 0.15) is 65.2 Å². The van der Waals surface area contributed by atoms with Gasteiger partial charge in [0.2, 0.25) is 0 Å². The number of carboxylic acid groups (broad SMARTS) is 1. The molecule has 2 N–H and O–H groups in total. The van der Waals surface area contributed by atoms with E-state index >= 15 is 0 Å². The summed E-state index contributed by atoms with van der Waals surface area (Å²) in [6.07, 6.45) is 9.79. The number of carboxylic acids is 1. The fourth-order valence-corrected chi connectivity index (χ4v) is 7.30. The van der Waals surface area contributed by atoms with Crippen LogP contribution in [-0.4, -0.2) is 23.7 Å². The molecule has 4 rings (SSSR count). The maximum atomic E-state index is 11.7. The van der Waals surface area contributed by atoms with Gasteiger partial charge in [-0.3, -0.25) is 4.79 Å². The van der Waals surface area contributed by atoms with Gasteiger partial charge in [-0.1, -0.05) is 13.8 Å². The lowest BCUT2D eigenvalue weighted by atomic mass is 9.47. The van der Waals surface area contributed by atoms with Crippen LogP contribution in [0.4, 0.5) is 0 Å². The number of nitrogens with one attached hydrogen (secondary N) is 1. The second-order valence-corrected chi connectivity index (χ2v) is 9.08. The van der Waals surface area contributed by atoms with E-state index in [9.17, 15) is 9.90 Å². The van der Waals surface area contributed by atoms with Crippen LogP contribution in [0.5, 0.6) is 0 Å². The molecule has 0 aromatic rings. The number of carbonyl (C=O) groups is 1. The van der Waals surface area contributed by atoms with Crippen molar-refractivity contribution in [3.05, 3.63) is 0 Å². The first-order chi connectivity index (χ1) is 10.5. The van der Waals surface area contributed by atoms with Gasteiger partial charge in [0.25, 0.3) is 0 Å². The Hall–Kier alpha value is -0.570. The van der Waals surface area contributed by atoms with Gasteiger partial charge in [-0.25, -0.2) is 0 Å². The molecule has 0 radical (unpaired) electrons. The molecule has 1 unspecified atom stereocenters. The zero-order valence-corrected chi connectivity index (χ0v) is 14.1. The van der Waals surface area contributed by atoms with Crippen molar-refractivity contribution in [3.8, 4) is 0 Å². The Morgan fingerprint density at radius 1 is 1.00 bits per heavy atom. The molecule has 0 aromatic carbocycles. The summed E-state index contributed by atoms with van der Waals surface area (Å²) in [5, 5.41) is 13.4. The smallest absolute Gasteiger partial charge is 0.307 e. The molecule has 124 valence electrons. The summed E-state index contributed by atoms with van der Waals surface area (Å²) >= 11 is 0. The molecule has 0 spiro atoms. The van der Waals surface area contributed by atoms with Crippen molar-refractivity contribution in [3.63, 3.8) is 0 Å². The molecule has 4 aliphatic rings. The van der Waals surface area contributed by atoms with Crippen LogP contribution in [0, 0.1) is 34.5 Å². The molecule has 4 fully saturated rings. The van der Waals surface area contributed by atoms with Crippen molar-refractivity contribution < 1.29 is 9.90 Å². The van der Waals surface area contributed by atoms with Crippen molar-refractivity contribution in [1.82, 2.24) is 5.32 Å². The maximum absolute atomic E-state index is 11.7. The highest BCUT2D eigenvalue weighted by atomic mass is 16.4. The summed E-state index contributed by atoms with van der Waals surface area (Å²) < 4.78 is 0. The molecule has 3 heteroatoms. The summed E-state index contributed by atoms with van der Waals surface area (Å²) in [7, 11) is 0. The largest absolute Gasteiger partial charge is 0.481 e. The van der Waals surface area contributed by atoms with Gasteiger partial charge in [-0.15, -0.1) is 0 Å². The summed E-state index contributed by atoms with van der Waals surface area (Å²) in [4.78, 5) is 11.7. The van der Waals surface area contributed by atoms with Gasteiger partial charge in [-0.2, -0.15) is 0 Å². The Morgan fingerprint density at radius 2 is 1.77 bits per heavy atom. The number of piperidine rings is 1. The Kier molecular flexibility index (Phi) is 3.38. The van der Waals surface area contributed by atoms with E-state index in [2.05, 4.69) is 19.2 Å². The van der Waals surface area contributed by atoms with E-state index in [1.54, 1.807) is 0 Å². The minimum atomic E-state index is -0.539. The number of fused-ring (bicyclic) bond motifs is 5. The minimum Gasteiger partial charge on any atom is -0.481 e. The molecule has 3 aliphatic carbocycles. The third kappa shape index (κ3) is 1.87. The minimum absolute atomic E-state index is 0.0678. The van der Waals surface area contributed by atoms with Gasteiger partial charge in [-0.05, 0) is 86.5 Å². The van der Waals surface area contributed by atoms with Crippen LogP contribution >= 0.6 is 0 Å². The van der Waals surface area contributed by atoms with Gasteiger partial charge in [0.05, 0.1) is 5.92 Å². The van der Waals surface area contributed by atoms with Crippen molar-refractivity contribution in [1.29, 1.82) is 0 Å². The predicted octanol–water partition coefficient (Wildman–Crippen LogP) is 3.68. The van der Waals surface area contributed by atoms with Crippen LogP contribution in [0.15, 0.2) is 0 Å². The standard InChI is InChI=1S/C19H31NO2/c1-18-10-8-14-12(13(18)5-6-15(18)17(21)22)4-7-16-19(14,2)9-3-11-20-16/h12-16,20H,3-11H2,1-2H3,(H,21,22)/t12-,13-,14-,15+,16?,18-,19+/m0/s1. The molecule has 1 heterocycles. The lowest BCUT2D eigenvalue weighted by Crippen LogP contribution is -2.59. The maximum Gasteiger partial charge on any atom is 0.307 e. The Morgan fingerprint density at radius 3 is 2.55 bits per heavy atom. The molecule has 3 nitrogen and oxygen atoms in total. The van der Waals surface area contributed by atoms with Crippen LogP contribution in [0.25, 0.3) is 0 Å². The highest BCUT2D eigenvalue weighted by Gasteiger charge is 2.60. The van der Waals surface area contributed by atoms with Crippen LogP contribution < -0.4 is 5.32 Å². The molecule has 0 aromatic heterocycles. The SMILES string of the molecule is C[C@]12CC[C@H]3[C@@H](CCC4NCCC[C@@]43C)[C@@H]1CC[C@@H]2C(=O)O. The van der Waals surface area contributed by atoms with E-state index in [4.69, 9.17) is 0 Å². The second-order valence-electron chi connectivity index (χ2n) is 9.08. The highest BCUT2D eigenvalue weighted by Crippen LogP contribution is 2.65. The number of aliphatic carboxylic acids is 1. The molecule has 3 saturated carbocycles. The molecule has 7 atom stereocenters. The van der Waals surface area contributed by atoms with Gasteiger partial charge in [0.15, 0.2) is 0 Å². The van der Waals surface area contributed by atoms with E-state index < -0.39 is 5.97 Å². The van der Waals surface area contributed by atoms with Gasteiger partial charge in [0, 0.05) is 6.04 Å². The third-order valence-electron chi connectivity index (χ3n) is 8.45. The lowest BCUT2D eigenvalue weighted by molar-refractivity contribution is -0.150. The van der Waals surface area contributed by atoms with Crippen molar-refractivity contribution in [2.45, 2.75) is 71.3 Å². The summed E-state index contributed by atoms with van der Waals surface area (Å²) in [5.74, 6) is 1.64. The quantitative estimate of drug-likeness (QED) is 0.777. The first-order valence-corrected chi connectivity index (χ1v) is 9.43. The van der Waals surface area contributed by atoms with Crippen LogP contribution in [0.2, 0.25) is 0 Å². The molecule has 1 saturated heterocycles. The molecular formula is C19H31NO2. The lowest BCUT2D eigenvalue weighted by Gasteiger charge is -2.60. The zero-order chi connectivity index (χ0) is 15.5. The van der Waals surface area contributed by atoms with Crippen molar-refractivity contribution in [2.75, 3.05) is 6.54 Å². The third-order valence-corrected chi connectivity index (χ3v) is 8.45. The summed E-state index contributed by atoms with van der Waals surface area (Å²) in [5.41, 5.74) is 0.530. The number of hydrogen-bond acceptors (Lipinski definition) is 2. The fourth-order valence-electron chi connectivity index (χ4n) is 7.30. The second kappa shape index (κ2) is 4.96. The normalized spacial score (nSPS) is 54.2. The Balaban J connectivity index is 1.63. The predicted molar refractivity (Wildman–Crippen MR) is 86.5 cm³/mol. The average molecular weight is 305 g/mol. The van der Waals surface area contributed by atoms with Crippen LogP contribution in [-0.2, 0) is 4.79 Å². The average Bonchev–Trinajstić information content (AvgIpc) is 2.84. The van der Waals surface area contributed by atoms with E-state index in [-0.39, 0.29) is 11.3 Å². The highest BCUT2D eigenvalue weighted by molar-refractivity contribution is 5.71. The van der Waals surface area contributed by atoms with Gasteiger partial charge >= 0.3 is 5.97 Å². The molecule has 0 bridgehead atoms. The first-order valence-electron chi connectivity index (χ1n) is 9.43. The van der Waals surface area contributed by atoms with Gasteiger partial charge in [0.1, 0.15) is 0 Å². The van der Waals surface area contributed by atoms with Gasteiger partial charge < -0.3 is 10.4 Å². The molecular weight excluding hydrogens is 274 g/mol. The molecule has 22 heavy (non-hydrogen) atoms. The van der Waals surface area contributed by atoms with Crippen molar-refractivity contribution in [2.24, 2.45) is 34.5 Å².